The van der Waals surface area contributed by atoms with Crippen molar-refractivity contribution >= 4 is 17.7 Å². The number of carbonyl (C=O) groups excluding carboxylic acids is 3. The molecule has 2 atom stereocenters. The van der Waals surface area contributed by atoms with Crippen LogP contribution in [0.25, 0.3) is 0 Å². The van der Waals surface area contributed by atoms with Crippen molar-refractivity contribution in [3.05, 3.63) is 34.9 Å². The summed E-state index contributed by atoms with van der Waals surface area (Å²) in [5.74, 6) is -0.797. The molecule has 0 saturated carbocycles. The van der Waals surface area contributed by atoms with Gasteiger partial charge in [0, 0.05) is 37.7 Å². The van der Waals surface area contributed by atoms with Gasteiger partial charge in [-0.1, -0.05) is 19.1 Å². The number of nitrogens with one attached hydrogen (secondary N) is 2. The van der Waals surface area contributed by atoms with E-state index in [9.17, 15) is 14.4 Å². The Labute approximate surface area is 146 Å². The maximum atomic E-state index is 12.7. The molecule has 2 unspecified atom stereocenters. The van der Waals surface area contributed by atoms with E-state index in [1.165, 1.54) is 0 Å². The molecule has 3 amide bonds. The van der Waals surface area contributed by atoms with Gasteiger partial charge in [0.2, 0.25) is 11.8 Å². The van der Waals surface area contributed by atoms with Crippen LogP contribution in [0.2, 0.25) is 0 Å². The van der Waals surface area contributed by atoms with E-state index >= 15 is 0 Å². The topological polar surface area (TPSA) is 105 Å². The van der Waals surface area contributed by atoms with Crippen LogP contribution in [0, 0.1) is 0 Å². The van der Waals surface area contributed by atoms with E-state index < -0.39 is 6.04 Å². The predicted octanol–water partition coefficient (Wildman–Crippen LogP) is 0.275. The van der Waals surface area contributed by atoms with Crippen molar-refractivity contribution in [1.29, 1.82) is 0 Å². The molecule has 2 aliphatic heterocycles. The summed E-state index contributed by atoms with van der Waals surface area (Å²) in [6.45, 7) is 3.71. The average molecular weight is 344 g/mol. The van der Waals surface area contributed by atoms with Gasteiger partial charge in [0.1, 0.15) is 6.04 Å². The third kappa shape index (κ3) is 3.57. The number of nitrogens with two attached hydrogens (primary N) is 1. The Morgan fingerprint density at radius 3 is 2.84 bits per heavy atom. The largest absolute Gasteiger partial charge is 0.329 e. The first-order chi connectivity index (χ1) is 12.0. The Bertz CT molecular complexity index is 700. The normalized spacial score (nSPS) is 21.3. The molecule has 2 aliphatic rings. The summed E-state index contributed by atoms with van der Waals surface area (Å²) in [4.78, 5) is 37.7. The summed E-state index contributed by atoms with van der Waals surface area (Å²) >= 11 is 0. The van der Waals surface area contributed by atoms with E-state index in [1.54, 1.807) is 4.90 Å². The standard InChI is InChI=1S/C18H24N4O3/c1-2-13(8-19)20-9-11-3-4-12-10-22(18(25)14(12)7-11)15-5-6-16(23)21-17(15)24/h3-4,7,13,15,20H,2,5-6,8-10,19H2,1H3,(H,21,23,24). The zero-order valence-electron chi connectivity index (χ0n) is 14.4. The quantitative estimate of drug-likeness (QED) is 0.643. The Morgan fingerprint density at radius 2 is 2.16 bits per heavy atom. The van der Waals surface area contributed by atoms with Gasteiger partial charge in [0.05, 0.1) is 0 Å². The van der Waals surface area contributed by atoms with Gasteiger partial charge in [-0.05, 0) is 30.0 Å². The summed E-state index contributed by atoms with van der Waals surface area (Å²) in [7, 11) is 0. The zero-order chi connectivity index (χ0) is 18.0. The number of fused-ring (bicyclic) bond motifs is 1. The molecule has 7 heteroatoms. The van der Waals surface area contributed by atoms with Crippen LogP contribution in [-0.2, 0) is 22.7 Å². The second-order valence-corrected chi connectivity index (χ2v) is 6.61. The molecule has 1 fully saturated rings. The highest BCUT2D eigenvalue weighted by Crippen LogP contribution is 2.28. The molecule has 0 bridgehead atoms. The molecule has 7 nitrogen and oxygen atoms in total. The van der Waals surface area contributed by atoms with Gasteiger partial charge in [-0.15, -0.1) is 0 Å². The molecule has 0 spiro atoms. The maximum absolute atomic E-state index is 12.7. The predicted molar refractivity (Wildman–Crippen MR) is 92.5 cm³/mol. The lowest BCUT2D eigenvalue weighted by Gasteiger charge is -2.29. The lowest BCUT2D eigenvalue weighted by Crippen LogP contribution is -2.52. The second kappa shape index (κ2) is 7.33. The minimum absolute atomic E-state index is 0.141. The number of benzene rings is 1. The van der Waals surface area contributed by atoms with Crippen LogP contribution in [0.15, 0.2) is 18.2 Å². The van der Waals surface area contributed by atoms with Crippen molar-refractivity contribution in [3.8, 4) is 0 Å². The fraction of sp³-hybridized carbons (Fsp3) is 0.500. The fourth-order valence-electron chi connectivity index (χ4n) is 3.37. The first kappa shape index (κ1) is 17.6. The van der Waals surface area contributed by atoms with Gasteiger partial charge in [0.15, 0.2) is 0 Å². The highest BCUT2D eigenvalue weighted by atomic mass is 16.2. The summed E-state index contributed by atoms with van der Waals surface area (Å²) in [5.41, 5.74) is 8.28. The van der Waals surface area contributed by atoms with E-state index in [0.29, 0.717) is 31.6 Å². The first-order valence-corrected chi connectivity index (χ1v) is 8.73. The van der Waals surface area contributed by atoms with Gasteiger partial charge in [-0.25, -0.2) is 0 Å². The minimum atomic E-state index is -0.569. The molecule has 25 heavy (non-hydrogen) atoms. The molecular weight excluding hydrogens is 320 g/mol. The monoisotopic (exact) mass is 344 g/mol. The van der Waals surface area contributed by atoms with Crippen molar-refractivity contribution in [3.63, 3.8) is 0 Å². The summed E-state index contributed by atoms with van der Waals surface area (Å²) in [6.07, 6.45) is 1.60. The third-order valence-corrected chi connectivity index (χ3v) is 4.96. The molecule has 1 aromatic carbocycles. The highest BCUT2D eigenvalue weighted by molar-refractivity contribution is 6.05. The van der Waals surface area contributed by atoms with E-state index in [1.807, 2.05) is 18.2 Å². The fourth-order valence-corrected chi connectivity index (χ4v) is 3.37. The third-order valence-electron chi connectivity index (χ3n) is 4.96. The number of amides is 3. The summed E-state index contributed by atoms with van der Waals surface area (Å²) in [6, 6.07) is 5.51. The van der Waals surface area contributed by atoms with E-state index in [0.717, 1.165) is 17.5 Å². The smallest absolute Gasteiger partial charge is 0.255 e. The lowest BCUT2D eigenvalue weighted by atomic mass is 10.0. The van der Waals surface area contributed by atoms with Crippen molar-refractivity contribution in [2.45, 2.75) is 51.4 Å². The molecular formula is C18H24N4O3. The Kier molecular flexibility index (Phi) is 5.15. The van der Waals surface area contributed by atoms with Crippen molar-refractivity contribution in [2.24, 2.45) is 5.73 Å². The SMILES string of the molecule is CCC(CN)NCc1ccc2c(c1)C(=O)N(C1CCC(=O)NC1=O)C2. The van der Waals surface area contributed by atoms with Crippen LogP contribution in [-0.4, -0.2) is 41.2 Å². The molecule has 1 aromatic rings. The van der Waals surface area contributed by atoms with Crippen LogP contribution in [0.3, 0.4) is 0 Å². The van der Waals surface area contributed by atoms with Crippen LogP contribution < -0.4 is 16.4 Å². The van der Waals surface area contributed by atoms with Crippen molar-refractivity contribution in [1.82, 2.24) is 15.5 Å². The van der Waals surface area contributed by atoms with Crippen molar-refractivity contribution in [2.75, 3.05) is 6.54 Å². The molecule has 134 valence electrons. The van der Waals surface area contributed by atoms with Crippen molar-refractivity contribution < 1.29 is 14.4 Å². The molecule has 1 saturated heterocycles. The number of piperidine rings is 1. The van der Waals surface area contributed by atoms with Gasteiger partial charge in [0.25, 0.3) is 5.91 Å². The number of hydrogen-bond donors (Lipinski definition) is 3. The molecule has 4 N–H and O–H groups in total. The summed E-state index contributed by atoms with van der Waals surface area (Å²) in [5, 5.41) is 5.69. The molecule has 2 heterocycles. The molecule has 0 radical (unpaired) electrons. The van der Waals surface area contributed by atoms with Gasteiger partial charge in [-0.2, -0.15) is 0 Å². The summed E-state index contributed by atoms with van der Waals surface area (Å²) < 4.78 is 0. The van der Waals surface area contributed by atoms with Crippen LogP contribution >= 0.6 is 0 Å². The number of carbonyl (C=O) groups is 3. The average Bonchev–Trinajstić information content (AvgIpc) is 2.92. The van der Waals surface area contributed by atoms with E-state index in [4.69, 9.17) is 5.73 Å². The van der Waals surface area contributed by atoms with Gasteiger partial charge < -0.3 is 16.0 Å². The number of nitrogens with zero attached hydrogens (tertiary/aromatic N) is 1. The minimum Gasteiger partial charge on any atom is -0.329 e. The van der Waals surface area contributed by atoms with Crippen LogP contribution in [0.4, 0.5) is 0 Å². The highest BCUT2D eigenvalue weighted by Gasteiger charge is 2.39. The van der Waals surface area contributed by atoms with E-state index in [2.05, 4.69) is 17.6 Å². The number of rotatable bonds is 6. The van der Waals surface area contributed by atoms with Gasteiger partial charge >= 0.3 is 0 Å². The maximum Gasteiger partial charge on any atom is 0.255 e. The number of hydrogen-bond acceptors (Lipinski definition) is 5. The Balaban J connectivity index is 1.71. The Hall–Kier alpha value is -2.25. The lowest BCUT2D eigenvalue weighted by molar-refractivity contribution is -0.136. The van der Waals surface area contributed by atoms with Crippen LogP contribution in [0.1, 0.15) is 47.7 Å². The van der Waals surface area contributed by atoms with Crippen LogP contribution in [0.5, 0.6) is 0 Å². The zero-order valence-corrected chi connectivity index (χ0v) is 14.4. The molecule has 0 aliphatic carbocycles. The molecule has 0 aromatic heterocycles. The van der Waals surface area contributed by atoms with E-state index in [-0.39, 0.29) is 30.2 Å². The Morgan fingerprint density at radius 1 is 1.36 bits per heavy atom. The number of imide groups is 1. The molecule has 3 rings (SSSR count). The first-order valence-electron chi connectivity index (χ1n) is 8.73. The van der Waals surface area contributed by atoms with Gasteiger partial charge in [-0.3, -0.25) is 19.7 Å². The second-order valence-electron chi connectivity index (χ2n) is 6.61.